The van der Waals surface area contributed by atoms with Crippen molar-refractivity contribution in [1.29, 1.82) is 0 Å². The molecule has 2 heterocycles. The second kappa shape index (κ2) is 15.7. The lowest BCUT2D eigenvalue weighted by Crippen LogP contribution is -2.41. The van der Waals surface area contributed by atoms with Crippen molar-refractivity contribution in [3.8, 4) is 22.5 Å². The molecule has 0 aliphatic carbocycles. The number of hydrogen-bond donors (Lipinski definition) is 1. The normalized spacial score (nSPS) is 15.5. The number of carbonyl (C=O) groups excluding carboxylic acids is 2. The number of amides is 1. The van der Waals surface area contributed by atoms with E-state index in [0.717, 1.165) is 38.9 Å². The van der Waals surface area contributed by atoms with Gasteiger partial charge in [-0.3, -0.25) is 4.79 Å². The van der Waals surface area contributed by atoms with Crippen molar-refractivity contribution in [2.45, 2.75) is 30.6 Å². The van der Waals surface area contributed by atoms with Crippen LogP contribution in [0.3, 0.4) is 0 Å². The van der Waals surface area contributed by atoms with Gasteiger partial charge >= 0.3 is 5.97 Å². The summed E-state index contributed by atoms with van der Waals surface area (Å²) in [6.45, 7) is 0.976. The van der Waals surface area contributed by atoms with E-state index in [0.29, 0.717) is 30.9 Å². The molecular formula is C46H40N6O3. The van der Waals surface area contributed by atoms with Gasteiger partial charge in [-0.2, -0.15) is 0 Å². The Bertz CT molecular complexity index is 2270. The highest BCUT2D eigenvalue weighted by Crippen LogP contribution is 2.43. The Morgan fingerprint density at radius 3 is 1.78 bits per heavy atom. The zero-order valence-electron chi connectivity index (χ0n) is 30.4. The number of likely N-dealkylation sites (tertiary alicyclic amines) is 1. The summed E-state index contributed by atoms with van der Waals surface area (Å²) in [5.74, 6) is 0.0491. The van der Waals surface area contributed by atoms with E-state index in [2.05, 4.69) is 120 Å². The minimum Gasteiger partial charge on any atom is -0.467 e. The molecule has 0 bridgehead atoms. The quantitative estimate of drug-likeness (QED) is 0.110. The molecule has 0 spiro atoms. The first kappa shape index (κ1) is 35.3. The van der Waals surface area contributed by atoms with Crippen LogP contribution in [-0.2, 0) is 21.6 Å². The molecule has 7 aromatic rings. The molecule has 8 rings (SSSR count). The van der Waals surface area contributed by atoms with Crippen LogP contribution in [0, 0.1) is 0 Å². The van der Waals surface area contributed by atoms with Gasteiger partial charge in [0.25, 0.3) is 5.91 Å². The first-order valence-corrected chi connectivity index (χ1v) is 18.4. The van der Waals surface area contributed by atoms with Crippen LogP contribution in [0.25, 0.3) is 22.5 Å². The van der Waals surface area contributed by atoms with E-state index in [1.165, 1.54) is 7.11 Å². The van der Waals surface area contributed by atoms with Gasteiger partial charge in [-0.15, -0.1) is 5.10 Å². The number of aromatic nitrogens is 4. The highest BCUT2D eigenvalue weighted by molar-refractivity contribution is 5.97. The third-order valence-corrected chi connectivity index (χ3v) is 10.4. The predicted molar refractivity (Wildman–Crippen MR) is 212 cm³/mol. The highest BCUT2D eigenvalue weighted by atomic mass is 16.5. The van der Waals surface area contributed by atoms with Gasteiger partial charge in [-0.25, -0.2) is 9.48 Å². The Morgan fingerprint density at radius 1 is 0.691 bits per heavy atom. The van der Waals surface area contributed by atoms with E-state index in [1.807, 2.05) is 53.2 Å². The van der Waals surface area contributed by atoms with Gasteiger partial charge in [0.1, 0.15) is 11.6 Å². The number of tetrazole rings is 1. The Labute approximate surface area is 320 Å². The maximum atomic E-state index is 13.4. The summed E-state index contributed by atoms with van der Waals surface area (Å²) in [6, 6.07) is 56.1. The molecule has 6 aromatic carbocycles. The minimum atomic E-state index is -0.875. The van der Waals surface area contributed by atoms with Gasteiger partial charge in [0.05, 0.1) is 7.11 Å². The topological polar surface area (TPSA) is 102 Å². The molecule has 272 valence electrons. The van der Waals surface area contributed by atoms with E-state index < -0.39 is 17.6 Å². The highest BCUT2D eigenvalue weighted by Gasteiger charge is 2.42. The number of rotatable bonds is 11. The molecule has 1 aromatic heterocycles. The van der Waals surface area contributed by atoms with Crippen molar-refractivity contribution in [3.05, 3.63) is 198 Å². The Hall–Kier alpha value is -6.71. The molecule has 9 nitrogen and oxygen atoms in total. The van der Waals surface area contributed by atoms with E-state index in [4.69, 9.17) is 15.0 Å². The van der Waals surface area contributed by atoms with Crippen LogP contribution in [0.2, 0.25) is 0 Å². The molecule has 9 heteroatoms. The lowest BCUT2D eigenvalue weighted by molar-refractivity contribution is -0.145. The number of ether oxygens (including phenoxy) is 1. The third-order valence-electron chi connectivity index (χ3n) is 10.4. The monoisotopic (exact) mass is 724 g/mol. The SMILES string of the molecule is COC(=O)[C@@H]1C[C@H](NCc2ccc(-c3ccccc3-c3nnnn3C(c3ccccc3)(c3ccccc3)c3ccccc3)cc2)CN1C(=O)c1ccccc1. The van der Waals surface area contributed by atoms with E-state index in [9.17, 15) is 9.59 Å². The molecule has 1 aliphatic heterocycles. The summed E-state index contributed by atoms with van der Waals surface area (Å²) in [6.07, 6.45) is 0.474. The molecule has 1 saturated heterocycles. The molecule has 2 atom stereocenters. The van der Waals surface area contributed by atoms with Crippen LogP contribution in [-0.4, -0.2) is 62.7 Å². The van der Waals surface area contributed by atoms with E-state index >= 15 is 0 Å². The maximum absolute atomic E-state index is 13.4. The fraction of sp³-hybridized carbons (Fsp3) is 0.152. The summed E-state index contributed by atoms with van der Waals surface area (Å²) in [7, 11) is 1.36. The van der Waals surface area contributed by atoms with Crippen LogP contribution in [0.5, 0.6) is 0 Å². The zero-order chi connectivity index (χ0) is 37.6. The molecule has 0 radical (unpaired) electrons. The second-order valence-electron chi connectivity index (χ2n) is 13.6. The van der Waals surface area contributed by atoms with Gasteiger partial charge in [-0.1, -0.05) is 158 Å². The summed E-state index contributed by atoms with van der Waals surface area (Å²) in [4.78, 5) is 27.7. The second-order valence-corrected chi connectivity index (χ2v) is 13.6. The Morgan fingerprint density at radius 2 is 1.22 bits per heavy atom. The molecule has 1 fully saturated rings. The predicted octanol–water partition coefficient (Wildman–Crippen LogP) is 7.39. The van der Waals surface area contributed by atoms with Gasteiger partial charge in [0, 0.05) is 30.3 Å². The molecule has 1 aliphatic rings. The molecule has 0 unspecified atom stereocenters. The number of nitrogens with one attached hydrogen (secondary N) is 1. The van der Waals surface area contributed by atoms with Crippen LogP contribution in [0.15, 0.2) is 170 Å². The number of nitrogens with zero attached hydrogens (tertiary/aromatic N) is 5. The average Bonchev–Trinajstić information content (AvgIpc) is 3.93. The number of carbonyl (C=O) groups is 2. The van der Waals surface area contributed by atoms with E-state index in [1.54, 1.807) is 17.0 Å². The minimum absolute atomic E-state index is 0.0739. The molecule has 1 N–H and O–H groups in total. The van der Waals surface area contributed by atoms with Gasteiger partial charge in [-0.05, 0) is 62.4 Å². The van der Waals surface area contributed by atoms with Gasteiger partial charge < -0.3 is 15.0 Å². The summed E-state index contributed by atoms with van der Waals surface area (Å²) in [5, 5.41) is 17.3. The number of hydrogen-bond acceptors (Lipinski definition) is 7. The number of methoxy groups -OCH3 is 1. The van der Waals surface area contributed by atoms with E-state index in [-0.39, 0.29) is 11.9 Å². The van der Waals surface area contributed by atoms with Crippen molar-refractivity contribution >= 4 is 11.9 Å². The van der Waals surface area contributed by atoms with Gasteiger partial charge in [0.2, 0.25) is 0 Å². The maximum Gasteiger partial charge on any atom is 0.328 e. The fourth-order valence-electron chi connectivity index (χ4n) is 7.79. The summed E-state index contributed by atoms with van der Waals surface area (Å²) >= 11 is 0. The van der Waals surface area contributed by atoms with Crippen LogP contribution in [0.4, 0.5) is 0 Å². The van der Waals surface area contributed by atoms with Crippen molar-refractivity contribution in [1.82, 2.24) is 30.4 Å². The van der Waals surface area contributed by atoms with Crippen molar-refractivity contribution in [2.75, 3.05) is 13.7 Å². The van der Waals surface area contributed by atoms with Crippen molar-refractivity contribution < 1.29 is 14.3 Å². The van der Waals surface area contributed by atoms with Crippen molar-refractivity contribution in [3.63, 3.8) is 0 Å². The average molecular weight is 725 g/mol. The number of benzene rings is 6. The smallest absolute Gasteiger partial charge is 0.328 e. The molecule has 55 heavy (non-hydrogen) atoms. The molecule has 0 saturated carbocycles. The first-order chi connectivity index (χ1) is 27.1. The lowest BCUT2D eigenvalue weighted by Gasteiger charge is -2.36. The fourth-order valence-corrected chi connectivity index (χ4v) is 7.79. The first-order valence-electron chi connectivity index (χ1n) is 18.4. The van der Waals surface area contributed by atoms with Crippen LogP contribution in [0.1, 0.15) is 39.0 Å². The number of esters is 1. The summed E-state index contributed by atoms with van der Waals surface area (Å²) in [5.41, 5.74) is 6.75. The van der Waals surface area contributed by atoms with Crippen LogP contribution < -0.4 is 5.32 Å². The zero-order valence-corrected chi connectivity index (χ0v) is 30.4. The molecular weight excluding hydrogens is 685 g/mol. The Kier molecular flexibility index (Phi) is 10.1. The Balaban J connectivity index is 1.09. The summed E-state index contributed by atoms with van der Waals surface area (Å²) < 4.78 is 7.03. The standard InChI is InChI=1S/C46H40N6O3/c1-55-45(54)42-30-39(32-51(42)44(53)35-16-6-2-7-17-35)47-31-33-26-28-34(29-27-33)40-24-14-15-25-41(40)43-48-49-50-52(43)46(36-18-8-3-9-19-36,37-20-10-4-11-21-37)38-22-12-5-13-23-38/h2-29,39,42,47H,30-32H2,1H3/t39-,42-/m0/s1. The largest absolute Gasteiger partial charge is 0.467 e. The third kappa shape index (κ3) is 6.82. The van der Waals surface area contributed by atoms with Gasteiger partial charge in [0.15, 0.2) is 5.82 Å². The lowest BCUT2D eigenvalue weighted by atomic mass is 9.77. The van der Waals surface area contributed by atoms with Crippen molar-refractivity contribution in [2.24, 2.45) is 0 Å². The van der Waals surface area contributed by atoms with Crippen LogP contribution >= 0.6 is 0 Å². The molecule has 1 amide bonds.